The second-order valence-corrected chi connectivity index (χ2v) is 5.70. The third kappa shape index (κ3) is 2.41. The van der Waals surface area contributed by atoms with Crippen LogP contribution < -0.4 is 0 Å². The molecule has 5 heteroatoms. The molecule has 2 rings (SSSR count). The zero-order valence-corrected chi connectivity index (χ0v) is 10.1. The quantitative estimate of drug-likeness (QED) is 0.856. The van der Waals surface area contributed by atoms with Gasteiger partial charge in [-0.2, -0.15) is 0 Å². The monoisotopic (exact) mass is 268 g/mol. The molecular formula is C13H10F2O2S. The minimum absolute atomic E-state index is 0.0831. The molecule has 2 nitrogen and oxygen atoms in total. The molecule has 0 aliphatic rings. The largest absolute Gasteiger partial charge is 0.230 e. The molecule has 0 heterocycles. The molecule has 0 radical (unpaired) electrons. The fourth-order valence-corrected chi connectivity index (χ4v) is 2.81. The van der Waals surface area contributed by atoms with Crippen molar-refractivity contribution >= 4 is 9.84 Å². The van der Waals surface area contributed by atoms with E-state index in [2.05, 4.69) is 0 Å². The van der Waals surface area contributed by atoms with Crippen LogP contribution in [-0.4, -0.2) is 8.42 Å². The Balaban J connectivity index is 2.39. The minimum atomic E-state index is -4.09. The summed E-state index contributed by atoms with van der Waals surface area (Å²) in [6, 6.07) is 11.6. The van der Waals surface area contributed by atoms with Gasteiger partial charge in [0.15, 0.2) is 0 Å². The van der Waals surface area contributed by atoms with Crippen molar-refractivity contribution in [3.8, 4) is 0 Å². The van der Waals surface area contributed by atoms with Gasteiger partial charge in [0.1, 0.15) is 5.82 Å². The van der Waals surface area contributed by atoms with E-state index >= 15 is 0 Å². The number of benzene rings is 2. The molecule has 94 valence electrons. The van der Waals surface area contributed by atoms with Crippen LogP contribution in [0.3, 0.4) is 0 Å². The minimum Gasteiger partial charge on any atom is -0.224 e. The van der Waals surface area contributed by atoms with Crippen LogP contribution in [0.2, 0.25) is 0 Å². The Morgan fingerprint density at radius 1 is 0.889 bits per heavy atom. The third-order valence-corrected chi connectivity index (χ3v) is 4.22. The maximum atomic E-state index is 14.0. The molecule has 0 aromatic heterocycles. The topological polar surface area (TPSA) is 34.1 Å². The van der Waals surface area contributed by atoms with Crippen LogP contribution in [0.5, 0.6) is 0 Å². The number of alkyl halides is 1. The molecule has 0 amide bonds. The van der Waals surface area contributed by atoms with Crippen LogP contribution in [0.4, 0.5) is 8.78 Å². The zero-order chi connectivity index (χ0) is 13.2. The predicted molar refractivity (Wildman–Crippen MR) is 63.9 cm³/mol. The second-order valence-electron chi connectivity index (χ2n) is 3.73. The van der Waals surface area contributed by atoms with Crippen LogP contribution in [0.15, 0.2) is 59.5 Å². The summed E-state index contributed by atoms with van der Waals surface area (Å²) in [6.45, 7) is 0. The molecular weight excluding hydrogens is 258 g/mol. The van der Waals surface area contributed by atoms with E-state index in [4.69, 9.17) is 0 Å². The SMILES string of the molecule is O=S(=O)(c1ccccc1)C(F)c1ccc(F)cc1. The molecule has 0 N–H and O–H groups in total. The smallest absolute Gasteiger partial charge is 0.224 e. The highest BCUT2D eigenvalue weighted by molar-refractivity contribution is 7.91. The van der Waals surface area contributed by atoms with Crippen LogP contribution in [0, 0.1) is 5.82 Å². The van der Waals surface area contributed by atoms with E-state index in [0.717, 1.165) is 24.3 Å². The molecule has 0 fully saturated rings. The Kier molecular flexibility index (Phi) is 3.43. The maximum Gasteiger partial charge on any atom is 0.230 e. The summed E-state index contributed by atoms with van der Waals surface area (Å²) in [5.74, 6) is -0.539. The van der Waals surface area contributed by atoms with Crippen molar-refractivity contribution in [1.82, 2.24) is 0 Å². The van der Waals surface area contributed by atoms with Gasteiger partial charge in [0.2, 0.25) is 15.3 Å². The summed E-state index contributed by atoms with van der Waals surface area (Å²) in [5.41, 5.74) is -2.28. The van der Waals surface area contributed by atoms with Gasteiger partial charge in [0.25, 0.3) is 0 Å². The highest BCUT2D eigenvalue weighted by Crippen LogP contribution is 2.29. The van der Waals surface area contributed by atoms with E-state index in [-0.39, 0.29) is 10.5 Å². The molecule has 0 saturated heterocycles. The first-order chi connectivity index (χ1) is 8.51. The first kappa shape index (κ1) is 12.7. The Morgan fingerprint density at radius 3 is 2.00 bits per heavy atom. The summed E-state index contributed by atoms with van der Waals surface area (Å²) in [7, 11) is -4.09. The second kappa shape index (κ2) is 4.86. The Morgan fingerprint density at radius 2 is 1.44 bits per heavy atom. The Labute approximate surface area is 104 Å². The maximum absolute atomic E-state index is 14.0. The van der Waals surface area contributed by atoms with E-state index in [0.29, 0.717) is 0 Å². The number of hydrogen-bond acceptors (Lipinski definition) is 2. The summed E-state index contributed by atoms with van der Waals surface area (Å²) < 4.78 is 50.6. The van der Waals surface area contributed by atoms with E-state index in [1.165, 1.54) is 24.3 Å². The third-order valence-electron chi connectivity index (χ3n) is 2.48. The molecule has 0 aliphatic carbocycles. The number of hydrogen-bond donors (Lipinski definition) is 0. The van der Waals surface area contributed by atoms with Gasteiger partial charge in [-0.05, 0) is 24.3 Å². The van der Waals surface area contributed by atoms with E-state index in [1.54, 1.807) is 6.07 Å². The highest BCUT2D eigenvalue weighted by Gasteiger charge is 2.28. The van der Waals surface area contributed by atoms with Crippen LogP contribution in [0.1, 0.15) is 11.1 Å². The van der Waals surface area contributed by atoms with Gasteiger partial charge in [0.05, 0.1) is 4.90 Å². The summed E-state index contributed by atoms with van der Waals surface area (Å²) >= 11 is 0. The molecule has 0 bridgehead atoms. The van der Waals surface area contributed by atoms with Gasteiger partial charge in [-0.15, -0.1) is 0 Å². The molecule has 2 aromatic rings. The van der Waals surface area contributed by atoms with Crippen molar-refractivity contribution in [2.75, 3.05) is 0 Å². The number of rotatable bonds is 3. The van der Waals surface area contributed by atoms with Crippen molar-refractivity contribution < 1.29 is 17.2 Å². The first-order valence-corrected chi connectivity index (χ1v) is 6.75. The van der Waals surface area contributed by atoms with E-state index < -0.39 is 21.2 Å². The van der Waals surface area contributed by atoms with Gasteiger partial charge in [-0.3, -0.25) is 0 Å². The summed E-state index contributed by atoms with van der Waals surface area (Å²) in [6.07, 6.45) is 0. The van der Waals surface area contributed by atoms with Gasteiger partial charge in [-0.25, -0.2) is 17.2 Å². The fourth-order valence-electron chi connectivity index (χ4n) is 1.52. The standard InChI is InChI=1S/C13H10F2O2S/c14-11-8-6-10(7-9-11)13(15)18(16,17)12-4-2-1-3-5-12/h1-9,13H. The van der Waals surface area contributed by atoms with Crippen molar-refractivity contribution in [3.63, 3.8) is 0 Å². The molecule has 1 atom stereocenters. The van der Waals surface area contributed by atoms with Gasteiger partial charge >= 0.3 is 0 Å². The van der Waals surface area contributed by atoms with Crippen LogP contribution in [0.25, 0.3) is 0 Å². The Hall–Kier alpha value is -1.75. The zero-order valence-electron chi connectivity index (χ0n) is 9.25. The predicted octanol–water partition coefficient (Wildman–Crippen LogP) is 3.27. The van der Waals surface area contributed by atoms with Gasteiger partial charge in [-0.1, -0.05) is 30.3 Å². The lowest BCUT2D eigenvalue weighted by Crippen LogP contribution is -2.09. The lowest BCUT2D eigenvalue weighted by atomic mass is 10.2. The number of halogens is 2. The highest BCUT2D eigenvalue weighted by atomic mass is 32.2. The number of sulfone groups is 1. The summed E-state index contributed by atoms with van der Waals surface area (Å²) in [5, 5.41) is 0. The van der Waals surface area contributed by atoms with E-state index in [1.807, 2.05) is 0 Å². The molecule has 2 aromatic carbocycles. The van der Waals surface area contributed by atoms with Crippen molar-refractivity contribution in [1.29, 1.82) is 0 Å². The van der Waals surface area contributed by atoms with Crippen molar-refractivity contribution in [3.05, 3.63) is 66.0 Å². The lowest BCUT2D eigenvalue weighted by Gasteiger charge is -2.10. The average Bonchev–Trinajstić information content (AvgIpc) is 2.40. The van der Waals surface area contributed by atoms with Gasteiger partial charge in [0, 0.05) is 5.56 Å². The Bertz CT molecular complexity index is 622. The van der Waals surface area contributed by atoms with Crippen molar-refractivity contribution in [2.45, 2.75) is 10.4 Å². The summed E-state index contributed by atoms with van der Waals surface area (Å²) in [4.78, 5) is -0.0955. The average molecular weight is 268 g/mol. The molecule has 0 saturated carbocycles. The molecule has 0 spiro atoms. The van der Waals surface area contributed by atoms with Crippen LogP contribution in [-0.2, 0) is 9.84 Å². The van der Waals surface area contributed by atoms with Crippen LogP contribution >= 0.6 is 0 Å². The first-order valence-electron chi connectivity index (χ1n) is 5.20. The molecule has 0 aliphatic heterocycles. The van der Waals surface area contributed by atoms with E-state index in [9.17, 15) is 17.2 Å². The van der Waals surface area contributed by atoms with Gasteiger partial charge < -0.3 is 0 Å². The molecule has 1 unspecified atom stereocenters. The fraction of sp³-hybridized carbons (Fsp3) is 0.0769. The van der Waals surface area contributed by atoms with Crippen molar-refractivity contribution in [2.24, 2.45) is 0 Å². The lowest BCUT2D eigenvalue weighted by molar-refractivity contribution is 0.430. The normalized spacial score (nSPS) is 13.2. The molecule has 18 heavy (non-hydrogen) atoms.